The van der Waals surface area contributed by atoms with Crippen LogP contribution in [0.5, 0.6) is 5.75 Å². The molecule has 0 spiro atoms. The molecule has 0 aliphatic carbocycles. The number of methoxy groups -OCH3 is 1. The first-order valence-corrected chi connectivity index (χ1v) is 10.9. The second kappa shape index (κ2) is 11.0. The predicted octanol–water partition coefficient (Wildman–Crippen LogP) is 4.15. The summed E-state index contributed by atoms with van der Waals surface area (Å²) in [5, 5.41) is 3.76. The molecule has 3 rings (SSSR count). The Bertz CT molecular complexity index is 876. The van der Waals surface area contributed by atoms with Gasteiger partial charge in [0.25, 0.3) is 5.91 Å². The van der Waals surface area contributed by atoms with E-state index in [9.17, 15) is 9.18 Å². The summed E-state index contributed by atoms with van der Waals surface area (Å²) in [5.74, 6) is 0.297. The molecule has 8 heteroatoms. The molecule has 3 unspecified atom stereocenters. The van der Waals surface area contributed by atoms with Gasteiger partial charge in [-0.05, 0) is 57.2 Å². The van der Waals surface area contributed by atoms with Crippen molar-refractivity contribution in [1.82, 2.24) is 4.98 Å². The number of benzene rings is 1. The zero-order chi connectivity index (χ0) is 21.4. The molecule has 2 aromatic rings. The smallest absolute Gasteiger partial charge is 0.253 e. The molecular formula is C21H28FN3O3S. The summed E-state index contributed by atoms with van der Waals surface area (Å²) in [6, 6.07) is 8.43. The molecule has 1 N–H and O–H groups in total. The summed E-state index contributed by atoms with van der Waals surface area (Å²) in [6.45, 7) is 3.68. The zero-order valence-electron chi connectivity index (χ0n) is 17.4. The molecule has 3 atom stereocenters. The molecule has 0 radical (unpaired) electrons. The summed E-state index contributed by atoms with van der Waals surface area (Å²) >= 11 is 0. The van der Waals surface area contributed by atoms with Crippen LogP contribution in [0.2, 0.25) is 0 Å². The van der Waals surface area contributed by atoms with Crippen LogP contribution < -0.4 is 10.1 Å². The lowest BCUT2D eigenvalue weighted by molar-refractivity contribution is -0.126. The highest BCUT2D eigenvalue weighted by Gasteiger charge is 2.28. The van der Waals surface area contributed by atoms with Crippen LogP contribution in [0.4, 0.5) is 10.1 Å². The van der Waals surface area contributed by atoms with Crippen LogP contribution in [-0.4, -0.2) is 43.5 Å². The fraction of sp³-hybridized carbons (Fsp3) is 0.429. The molecule has 6 nitrogen and oxygen atoms in total. The van der Waals surface area contributed by atoms with Gasteiger partial charge < -0.3 is 14.8 Å². The van der Waals surface area contributed by atoms with Crippen LogP contribution in [0, 0.1) is 12.7 Å². The van der Waals surface area contributed by atoms with E-state index in [0.717, 1.165) is 23.6 Å². The number of nitrogens with one attached hydrogen (secondary N) is 1. The van der Waals surface area contributed by atoms with Crippen LogP contribution in [0.1, 0.15) is 25.3 Å². The van der Waals surface area contributed by atoms with Gasteiger partial charge in [-0.3, -0.25) is 9.16 Å². The van der Waals surface area contributed by atoms with Crippen molar-refractivity contribution in [3.63, 3.8) is 0 Å². The first kappa shape index (κ1) is 23.0. The van der Waals surface area contributed by atoms with E-state index in [4.69, 9.17) is 9.47 Å². The van der Waals surface area contributed by atoms with Gasteiger partial charge in [-0.2, -0.15) is 0 Å². The number of nitrogens with zero attached hydrogens (tertiary/aromatic N) is 2. The van der Waals surface area contributed by atoms with E-state index in [0.29, 0.717) is 11.3 Å². The SMILES string of the molecule is CN=S(C)c1cc(NC(=O)C2CCC(C)O2)ccn1.COc1cccc(F)c1C. The van der Waals surface area contributed by atoms with Gasteiger partial charge in [0.1, 0.15) is 22.7 Å². The van der Waals surface area contributed by atoms with E-state index < -0.39 is 0 Å². The number of hydrogen-bond acceptors (Lipinski definition) is 5. The molecule has 0 bridgehead atoms. The second-order valence-corrected chi connectivity index (χ2v) is 8.35. The third-order valence-electron chi connectivity index (χ3n) is 4.54. The highest BCUT2D eigenvalue weighted by Crippen LogP contribution is 2.21. The lowest BCUT2D eigenvalue weighted by atomic mass is 10.2. The minimum absolute atomic E-state index is 0.0778. The number of hydrogen-bond donors (Lipinski definition) is 1. The number of carbonyl (C=O) groups excluding carboxylic acids is 1. The van der Waals surface area contributed by atoms with Gasteiger partial charge in [0, 0.05) is 24.5 Å². The maximum absolute atomic E-state index is 12.7. The van der Waals surface area contributed by atoms with Crippen LogP contribution in [0.15, 0.2) is 45.9 Å². The number of pyridine rings is 1. The number of amides is 1. The number of ether oxygens (including phenoxy) is 2. The monoisotopic (exact) mass is 421 g/mol. The van der Waals surface area contributed by atoms with Gasteiger partial charge in [-0.25, -0.2) is 9.37 Å². The molecule has 158 valence electrons. The molecule has 1 aliphatic rings. The summed E-state index contributed by atoms with van der Waals surface area (Å²) in [7, 11) is 3.06. The van der Waals surface area contributed by atoms with Crippen molar-refractivity contribution in [2.45, 2.75) is 43.9 Å². The average molecular weight is 422 g/mol. The Hall–Kier alpha value is -2.32. The highest BCUT2D eigenvalue weighted by atomic mass is 32.2. The van der Waals surface area contributed by atoms with E-state index in [2.05, 4.69) is 14.7 Å². The van der Waals surface area contributed by atoms with Crippen molar-refractivity contribution in [3.8, 4) is 5.75 Å². The van der Waals surface area contributed by atoms with Crippen molar-refractivity contribution < 1.29 is 18.7 Å². The fourth-order valence-corrected chi connectivity index (χ4v) is 3.47. The third-order valence-corrected chi connectivity index (χ3v) is 5.92. The molecule has 1 aliphatic heterocycles. The van der Waals surface area contributed by atoms with Crippen LogP contribution in [0.3, 0.4) is 0 Å². The Morgan fingerprint density at radius 2 is 2.14 bits per heavy atom. The molecule has 2 heterocycles. The van der Waals surface area contributed by atoms with Crippen LogP contribution >= 0.6 is 0 Å². The van der Waals surface area contributed by atoms with E-state index in [1.54, 1.807) is 38.4 Å². The number of halogens is 1. The first-order valence-electron chi connectivity index (χ1n) is 9.33. The third kappa shape index (κ3) is 6.61. The second-order valence-electron chi connectivity index (χ2n) is 6.61. The van der Waals surface area contributed by atoms with Gasteiger partial charge in [0.05, 0.1) is 13.2 Å². The van der Waals surface area contributed by atoms with Gasteiger partial charge in [0.2, 0.25) is 0 Å². The minimum Gasteiger partial charge on any atom is -0.496 e. The number of carbonyl (C=O) groups is 1. The minimum atomic E-state index is -0.331. The quantitative estimate of drug-likeness (QED) is 0.805. The van der Waals surface area contributed by atoms with Crippen molar-refractivity contribution >= 4 is 22.3 Å². The molecule has 1 amide bonds. The normalized spacial score (nSPS) is 19.2. The Morgan fingerprint density at radius 1 is 1.38 bits per heavy atom. The van der Waals surface area contributed by atoms with Gasteiger partial charge in [-0.1, -0.05) is 16.8 Å². The summed E-state index contributed by atoms with van der Waals surface area (Å²) in [6.07, 6.45) is 5.25. The first-order chi connectivity index (χ1) is 13.8. The van der Waals surface area contributed by atoms with E-state index in [1.807, 2.05) is 19.2 Å². The van der Waals surface area contributed by atoms with E-state index in [1.165, 1.54) is 13.2 Å². The van der Waals surface area contributed by atoms with Crippen LogP contribution in [-0.2, 0) is 20.2 Å². The summed E-state index contributed by atoms with van der Waals surface area (Å²) < 4.78 is 27.3. The zero-order valence-corrected chi connectivity index (χ0v) is 18.3. The van der Waals surface area contributed by atoms with Crippen molar-refractivity contribution in [2.24, 2.45) is 4.36 Å². The Kier molecular flexibility index (Phi) is 8.72. The summed E-state index contributed by atoms with van der Waals surface area (Å²) in [4.78, 5) is 16.3. The predicted molar refractivity (Wildman–Crippen MR) is 114 cm³/mol. The van der Waals surface area contributed by atoms with Crippen molar-refractivity contribution in [3.05, 3.63) is 47.9 Å². The number of aromatic nitrogens is 1. The van der Waals surface area contributed by atoms with Gasteiger partial charge >= 0.3 is 0 Å². The molecular weight excluding hydrogens is 393 g/mol. The Balaban J connectivity index is 0.000000253. The maximum atomic E-state index is 12.7. The molecule has 0 saturated carbocycles. The standard InChI is InChI=1S/C13H19N3O2S.C8H9FO/c1-9-4-5-11(18-9)13(17)16-10-6-7-15-12(8-10)19(3)14-2;1-6-7(9)4-3-5-8(6)10-2/h6-9,11H,4-5H2,1-3H3,(H,15,16,17);3-5H,1-2H3. The fourth-order valence-electron chi connectivity index (χ4n) is 2.77. The number of rotatable bonds is 4. The highest BCUT2D eigenvalue weighted by molar-refractivity contribution is 7.86. The summed E-state index contributed by atoms with van der Waals surface area (Å²) in [5.41, 5.74) is 1.31. The van der Waals surface area contributed by atoms with E-state index >= 15 is 0 Å². The Morgan fingerprint density at radius 3 is 2.72 bits per heavy atom. The topological polar surface area (TPSA) is 72.8 Å². The lowest BCUT2D eigenvalue weighted by Crippen LogP contribution is -2.27. The average Bonchev–Trinajstić information content (AvgIpc) is 3.16. The molecule has 1 fully saturated rings. The molecule has 1 aromatic carbocycles. The number of anilines is 1. The lowest BCUT2D eigenvalue weighted by Gasteiger charge is -2.12. The molecule has 1 aromatic heterocycles. The van der Waals surface area contributed by atoms with Crippen molar-refractivity contribution in [2.75, 3.05) is 25.7 Å². The van der Waals surface area contributed by atoms with Crippen LogP contribution in [0.25, 0.3) is 0 Å². The largest absolute Gasteiger partial charge is 0.496 e. The maximum Gasteiger partial charge on any atom is 0.253 e. The van der Waals surface area contributed by atoms with Gasteiger partial charge in [0.15, 0.2) is 0 Å². The van der Waals surface area contributed by atoms with Gasteiger partial charge in [-0.15, -0.1) is 0 Å². The Labute approximate surface area is 173 Å². The molecule has 29 heavy (non-hydrogen) atoms. The van der Waals surface area contributed by atoms with E-state index in [-0.39, 0.29) is 34.6 Å². The molecule has 1 saturated heterocycles. The van der Waals surface area contributed by atoms with Crippen molar-refractivity contribution in [1.29, 1.82) is 0 Å².